The van der Waals surface area contributed by atoms with Crippen LogP contribution in [0.2, 0.25) is 0 Å². The van der Waals surface area contributed by atoms with Gasteiger partial charge in [-0.25, -0.2) is 0 Å². The molecule has 0 aliphatic carbocycles. The number of aromatic hydroxyl groups is 1. The van der Waals surface area contributed by atoms with Crippen molar-refractivity contribution in [3.8, 4) is 5.75 Å². The van der Waals surface area contributed by atoms with E-state index in [1.807, 2.05) is 6.07 Å². The van der Waals surface area contributed by atoms with Crippen molar-refractivity contribution in [1.82, 2.24) is 10.3 Å². The molecule has 1 heterocycles. The molecule has 0 saturated heterocycles. The van der Waals surface area contributed by atoms with Crippen LogP contribution in [0.3, 0.4) is 0 Å². The molecule has 3 rings (SSSR count). The van der Waals surface area contributed by atoms with Crippen LogP contribution in [0.5, 0.6) is 5.75 Å². The summed E-state index contributed by atoms with van der Waals surface area (Å²) in [6.07, 6.45) is 0.157. The standard InChI is InChI=1S/C20H22N2O3/c1-13-3-2-4-14(11-13)9-10-21-12-18(24)15-5-7-17(23)20-16(15)6-8-19(25)22-20/h2-8,11,18,21,23-24H,9-10,12H2,1H3,(H,22,25)/t18-/m0/s1. The Labute approximate surface area is 146 Å². The van der Waals surface area contributed by atoms with Gasteiger partial charge in [-0.15, -0.1) is 0 Å². The molecule has 0 amide bonds. The number of benzene rings is 2. The molecule has 0 spiro atoms. The smallest absolute Gasteiger partial charge is 0.248 e. The summed E-state index contributed by atoms with van der Waals surface area (Å²) in [6, 6.07) is 14.6. The number of phenols is 1. The summed E-state index contributed by atoms with van der Waals surface area (Å²) in [5.41, 5.74) is 3.23. The lowest BCUT2D eigenvalue weighted by Crippen LogP contribution is -2.24. The fourth-order valence-electron chi connectivity index (χ4n) is 3.00. The second-order valence-corrected chi connectivity index (χ2v) is 6.24. The monoisotopic (exact) mass is 338 g/mol. The third-order valence-corrected chi connectivity index (χ3v) is 4.28. The molecule has 5 nitrogen and oxygen atoms in total. The average Bonchev–Trinajstić information content (AvgIpc) is 2.59. The van der Waals surface area contributed by atoms with E-state index in [9.17, 15) is 15.0 Å². The van der Waals surface area contributed by atoms with Gasteiger partial charge in [0, 0.05) is 18.0 Å². The quantitative estimate of drug-likeness (QED) is 0.520. The Hall–Kier alpha value is -2.63. The maximum absolute atomic E-state index is 11.4. The zero-order chi connectivity index (χ0) is 17.8. The molecule has 2 aromatic carbocycles. The molecule has 1 aromatic heterocycles. The van der Waals surface area contributed by atoms with E-state index in [1.165, 1.54) is 23.3 Å². The fourth-order valence-corrected chi connectivity index (χ4v) is 3.00. The van der Waals surface area contributed by atoms with E-state index in [4.69, 9.17) is 0 Å². The maximum atomic E-state index is 11.4. The molecule has 0 saturated carbocycles. The minimum absolute atomic E-state index is 0.00365. The Balaban J connectivity index is 1.65. The Bertz CT molecular complexity index is 934. The number of nitrogens with one attached hydrogen (secondary N) is 2. The van der Waals surface area contributed by atoms with E-state index >= 15 is 0 Å². The lowest BCUT2D eigenvalue weighted by atomic mass is 10.0. The van der Waals surface area contributed by atoms with Crippen LogP contribution < -0.4 is 10.9 Å². The van der Waals surface area contributed by atoms with Crippen molar-refractivity contribution in [1.29, 1.82) is 0 Å². The third-order valence-electron chi connectivity index (χ3n) is 4.28. The molecule has 0 aliphatic heterocycles. The molecule has 0 bridgehead atoms. The van der Waals surface area contributed by atoms with E-state index in [0.29, 0.717) is 23.0 Å². The largest absolute Gasteiger partial charge is 0.506 e. The van der Waals surface area contributed by atoms with Gasteiger partial charge >= 0.3 is 0 Å². The molecule has 4 N–H and O–H groups in total. The van der Waals surface area contributed by atoms with Crippen molar-refractivity contribution < 1.29 is 10.2 Å². The zero-order valence-electron chi connectivity index (χ0n) is 14.1. The van der Waals surface area contributed by atoms with Crippen LogP contribution >= 0.6 is 0 Å². The minimum Gasteiger partial charge on any atom is -0.506 e. The molecule has 5 heteroatoms. The van der Waals surface area contributed by atoms with Gasteiger partial charge in [0.1, 0.15) is 5.75 Å². The summed E-state index contributed by atoms with van der Waals surface area (Å²) in [7, 11) is 0. The molecule has 0 fully saturated rings. The van der Waals surface area contributed by atoms with Crippen LogP contribution in [0, 0.1) is 6.92 Å². The van der Waals surface area contributed by atoms with Gasteiger partial charge < -0.3 is 20.5 Å². The Morgan fingerprint density at radius 1 is 1.16 bits per heavy atom. The number of aryl methyl sites for hydroxylation is 1. The van der Waals surface area contributed by atoms with Crippen molar-refractivity contribution in [3.63, 3.8) is 0 Å². The number of rotatable bonds is 6. The predicted molar refractivity (Wildman–Crippen MR) is 98.9 cm³/mol. The van der Waals surface area contributed by atoms with E-state index in [2.05, 4.69) is 35.4 Å². The van der Waals surface area contributed by atoms with Crippen LogP contribution in [0.4, 0.5) is 0 Å². The first-order valence-electron chi connectivity index (χ1n) is 8.34. The van der Waals surface area contributed by atoms with Crippen molar-refractivity contribution in [2.45, 2.75) is 19.4 Å². The number of aromatic amines is 1. The van der Waals surface area contributed by atoms with E-state index in [0.717, 1.165) is 13.0 Å². The van der Waals surface area contributed by atoms with Gasteiger partial charge in [-0.2, -0.15) is 0 Å². The number of hydrogen-bond acceptors (Lipinski definition) is 4. The van der Waals surface area contributed by atoms with E-state index in [1.54, 1.807) is 12.1 Å². The summed E-state index contributed by atoms with van der Waals surface area (Å²) in [4.78, 5) is 14.1. The number of fused-ring (bicyclic) bond motifs is 1. The number of H-pyrrole nitrogens is 1. The first kappa shape index (κ1) is 17.2. The maximum Gasteiger partial charge on any atom is 0.248 e. The van der Waals surface area contributed by atoms with E-state index in [-0.39, 0.29) is 11.3 Å². The summed E-state index contributed by atoms with van der Waals surface area (Å²) in [5, 5.41) is 24.3. The highest BCUT2D eigenvalue weighted by molar-refractivity contribution is 5.87. The first-order chi connectivity index (χ1) is 12.0. The van der Waals surface area contributed by atoms with E-state index < -0.39 is 6.10 Å². The molecular formula is C20H22N2O3. The van der Waals surface area contributed by atoms with Crippen LogP contribution in [0.1, 0.15) is 22.8 Å². The lowest BCUT2D eigenvalue weighted by molar-refractivity contribution is 0.176. The average molecular weight is 338 g/mol. The number of aromatic nitrogens is 1. The van der Waals surface area contributed by atoms with Crippen molar-refractivity contribution in [3.05, 3.63) is 75.6 Å². The second-order valence-electron chi connectivity index (χ2n) is 6.24. The Morgan fingerprint density at radius 3 is 2.80 bits per heavy atom. The molecule has 3 aromatic rings. The van der Waals surface area contributed by atoms with Crippen molar-refractivity contribution in [2.24, 2.45) is 0 Å². The Morgan fingerprint density at radius 2 is 2.00 bits per heavy atom. The number of aliphatic hydroxyl groups is 1. The molecule has 0 aliphatic rings. The molecule has 25 heavy (non-hydrogen) atoms. The summed E-state index contributed by atoms with van der Waals surface area (Å²) in [5.74, 6) is -0.00365. The minimum atomic E-state index is -0.730. The highest BCUT2D eigenvalue weighted by Gasteiger charge is 2.13. The van der Waals surface area contributed by atoms with Crippen LogP contribution in [0.25, 0.3) is 10.9 Å². The number of aliphatic hydroxyl groups excluding tert-OH is 1. The topological polar surface area (TPSA) is 85.3 Å². The molecule has 1 atom stereocenters. The van der Waals surface area contributed by atoms with Gasteiger partial charge in [0.2, 0.25) is 5.56 Å². The van der Waals surface area contributed by atoms with Crippen molar-refractivity contribution in [2.75, 3.05) is 13.1 Å². The summed E-state index contributed by atoms with van der Waals surface area (Å²) >= 11 is 0. The van der Waals surface area contributed by atoms with Crippen LogP contribution in [0.15, 0.2) is 53.3 Å². The molecule has 0 radical (unpaired) electrons. The van der Waals surface area contributed by atoms with Gasteiger partial charge in [-0.05, 0) is 43.1 Å². The molecule has 0 unspecified atom stereocenters. The summed E-state index contributed by atoms with van der Waals surface area (Å²) < 4.78 is 0. The SMILES string of the molecule is Cc1cccc(CCNC[C@H](O)c2ccc(O)c3[nH]c(=O)ccc23)c1. The number of hydrogen-bond donors (Lipinski definition) is 4. The van der Waals surface area contributed by atoms with Crippen LogP contribution in [-0.2, 0) is 6.42 Å². The fraction of sp³-hybridized carbons (Fsp3) is 0.250. The second kappa shape index (κ2) is 7.51. The normalized spacial score (nSPS) is 12.4. The first-order valence-corrected chi connectivity index (χ1v) is 8.34. The summed E-state index contributed by atoms with van der Waals surface area (Å²) in [6.45, 7) is 3.22. The third kappa shape index (κ3) is 4.07. The van der Waals surface area contributed by atoms with Gasteiger partial charge in [0.05, 0.1) is 11.6 Å². The van der Waals surface area contributed by atoms with Crippen LogP contribution in [-0.4, -0.2) is 28.3 Å². The van der Waals surface area contributed by atoms with Gasteiger partial charge in [0.25, 0.3) is 0 Å². The van der Waals surface area contributed by atoms with Crippen molar-refractivity contribution >= 4 is 10.9 Å². The number of pyridine rings is 1. The highest BCUT2D eigenvalue weighted by atomic mass is 16.3. The Kier molecular flexibility index (Phi) is 5.16. The predicted octanol–water partition coefficient (Wildman–Crippen LogP) is 2.41. The molecular weight excluding hydrogens is 316 g/mol. The number of phenolic OH excluding ortho intramolecular Hbond substituents is 1. The van der Waals surface area contributed by atoms with Gasteiger partial charge in [-0.3, -0.25) is 4.79 Å². The lowest BCUT2D eigenvalue weighted by Gasteiger charge is -2.15. The molecule has 130 valence electrons. The van der Waals surface area contributed by atoms with Gasteiger partial charge in [0.15, 0.2) is 0 Å². The zero-order valence-corrected chi connectivity index (χ0v) is 14.1. The highest BCUT2D eigenvalue weighted by Crippen LogP contribution is 2.28. The van der Waals surface area contributed by atoms with Gasteiger partial charge in [-0.1, -0.05) is 35.9 Å².